The van der Waals surface area contributed by atoms with E-state index in [1.54, 1.807) is 6.07 Å². The summed E-state index contributed by atoms with van der Waals surface area (Å²) in [4.78, 5) is 4.33. The molecule has 0 aliphatic rings. The molecule has 0 unspecified atom stereocenters. The molecule has 2 nitrogen and oxygen atoms in total. The van der Waals surface area contributed by atoms with Crippen molar-refractivity contribution >= 4 is 11.6 Å². The van der Waals surface area contributed by atoms with Crippen LogP contribution < -0.4 is 4.74 Å². The molecule has 0 radical (unpaired) electrons. The maximum atomic E-state index is 13.1. The molecule has 5 heteroatoms. The van der Waals surface area contributed by atoms with Crippen molar-refractivity contribution in [2.24, 2.45) is 0 Å². The first-order valence-electron chi connectivity index (χ1n) is 6.19. The van der Waals surface area contributed by atoms with Crippen LogP contribution in [0.3, 0.4) is 0 Å². The van der Waals surface area contributed by atoms with Crippen LogP contribution in [0, 0.1) is 11.6 Å². The largest absolute Gasteiger partial charge is 0.439 e. The normalized spacial score (nSPS) is 10.9. The highest BCUT2D eigenvalue weighted by Gasteiger charge is 2.09. The molecule has 0 aliphatic carbocycles. The van der Waals surface area contributed by atoms with Crippen LogP contribution in [0.4, 0.5) is 8.78 Å². The fraction of sp³-hybridized carbons (Fsp3) is 0.267. The van der Waals surface area contributed by atoms with E-state index in [0.717, 1.165) is 23.4 Å². The van der Waals surface area contributed by atoms with Crippen molar-refractivity contribution in [1.82, 2.24) is 4.98 Å². The summed E-state index contributed by atoms with van der Waals surface area (Å²) in [7, 11) is 0. The van der Waals surface area contributed by atoms with Crippen molar-refractivity contribution in [2.45, 2.75) is 25.6 Å². The Bertz CT molecular complexity index is 617. The third-order valence-electron chi connectivity index (χ3n) is 2.74. The predicted octanol–water partition coefficient (Wildman–Crippen LogP) is 5.01. The SMILES string of the molecule is CC(C)c1cc(CCl)cc(Oc2ccc(F)c(F)c2)n1. The number of alkyl halides is 1. The van der Waals surface area contributed by atoms with Gasteiger partial charge in [-0.2, -0.15) is 0 Å². The predicted molar refractivity (Wildman–Crippen MR) is 74.3 cm³/mol. The summed E-state index contributed by atoms with van der Waals surface area (Å²) in [6, 6.07) is 6.93. The first-order valence-corrected chi connectivity index (χ1v) is 6.72. The lowest BCUT2D eigenvalue weighted by molar-refractivity contribution is 0.444. The lowest BCUT2D eigenvalue weighted by atomic mass is 10.1. The van der Waals surface area contributed by atoms with E-state index >= 15 is 0 Å². The smallest absolute Gasteiger partial charge is 0.219 e. The number of rotatable bonds is 4. The van der Waals surface area contributed by atoms with Crippen LogP contribution in [0.25, 0.3) is 0 Å². The van der Waals surface area contributed by atoms with Crippen LogP contribution in [-0.2, 0) is 5.88 Å². The van der Waals surface area contributed by atoms with Gasteiger partial charge in [-0.1, -0.05) is 13.8 Å². The van der Waals surface area contributed by atoms with Gasteiger partial charge in [0, 0.05) is 23.7 Å². The van der Waals surface area contributed by atoms with Gasteiger partial charge in [0.1, 0.15) is 5.75 Å². The highest BCUT2D eigenvalue weighted by atomic mass is 35.5. The Labute approximate surface area is 121 Å². The summed E-state index contributed by atoms with van der Waals surface area (Å²) >= 11 is 5.83. The number of pyridine rings is 1. The first-order chi connectivity index (χ1) is 9.49. The lowest BCUT2D eigenvalue weighted by Crippen LogP contribution is -1.98. The Morgan fingerprint density at radius 1 is 1.15 bits per heavy atom. The fourth-order valence-corrected chi connectivity index (χ4v) is 1.82. The van der Waals surface area contributed by atoms with Crippen LogP contribution in [-0.4, -0.2) is 4.98 Å². The maximum Gasteiger partial charge on any atom is 0.219 e. The molecule has 0 fully saturated rings. The van der Waals surface area contributed by atoms with Gasteiger partial charge in [0.05, 0.1) is 0 Å². The molecular formula is C15H14ClF2NO. The van der Waals surface area contributed by atoms with E-state index < -0.39 is 11.6 Å². The van der Waals surface area contributed by atoms with Gasteiger partial charge in [-0.05, 0) is 29.7 Å². The minimum atomic E-state index is -0.958. The van der Waals surface area contributed by atoms with E-state index in [1.165, 1.54) is 6.07 Å². The third-order valence-corrected chi connectivity index (χ3v) is 3.05. The molecule has 1 aromatic carbocycles. The Hall–Kier alpha value is -1.68. The monoisotopic (exact) mass is 297 g/mol. The van der Waals surface area contributed by atoms with Gasteiger partial charge in [-0.15, -0.1) is 11.6 Å². The number of hydrogen-bond donors (Lipinski definition) is 0. The summed E-state index contributed by atoms with van der Waals surface area (Å²) in [6.07, 6.45) is 0. The minimum absolute atomic E-state index is 0.192. The zero-order chi connectivity index (χ0) is 14.7. The molecule has 0 saturated carbocycles. The van der Waals surface area contributed by atoms with Crippen LogP contribution >= 0.6 is 11.6 Å². The van der Waals surface area contributed by atoms with Crippen molar-refractivity contribution in [3.05, 3.63) is 53.2 Å². The summed E-state index contributed by atoms with van der Waals surface area (Å²) < 4.78 is 31.5. The van der Waals surface area contributed by atoms with Gasteiger partial charge in [0.15, 0.2) is 11.6 Å². The van der Waals surface area contributed by atoms with Gasteiger partial charge in [0.25, 0.3) is 0 Å². The lowest BCUT2D eigenvalue weighted by Gasteiger charge is -2.11. The topological polar surface area (TPSA) is 22.1 Å². The number of benzene rings is 1. The highest BCUT2D eigenvalue weighted by molar-refractivity contribution is 6.17. The summed E-state index contributed by atoms with van der Waals surface area (Å²) in [5.74, 6) is -0.819. The van der Waals surface area contributed by atoms with Crippen molar-refractivity contribution < 1.29 is 13.5 Å². The van der Waals surface area contributed by atoms with Crippen molar-refractivity contribution in [1.29, 1.82) is 0 Å². The molecule has 0 atom stereocenters. The van der Waals surface area contributed by atoms with E-state index in [1.807, 2.05) is 19.9 Å². The van der Waals surface area contributed by atoms with Crippen LogP contribution in [0.15, 0.2) is 30.3 Å². The van der Waals surface area contributed by atoms with Crippen molar-refractivity contribution in [3.8, 4) is 11.6 Å². The average Bonchev–Trinajstić information content (AvgIpc) is 2.42. The molecule has 0 spiro atoms. The van der Waals surface area contributed by atoms with E-state index in [2.05, 4.69) is 4.98 Å². The second kappa shape index (κ2) is 6.18. The summed E-state index contributed by atoms with van der Waals surface area (Å²) in [5.41, 5.74) is 1.70. The van der Waals surface area contributed by atoms with E-state index in [9.17, 15) is 8.78 Å². The number of aromatic nitrogens is 1. The third kappa shape index (κ3) is 3.45. The Morgan fingerprint density at radius 3 is 2.50 bits per heavy atom. The molecule has 1 aromatic heterocycles. The molecule has 2 rings (SSSR count). The molecule has 20 heavy (non-hydrogen) atoms. The number of hydrogen-bond acceptors (Lipinski definition) is 2. The molecule has 0 saturated heterocycles. The zero-order valence-corrected chi connectivity index (χ0v) is 11.9. The molecule has 106 valence electrons. The molecule has 0 N–H and O–H groups in total. The molecule has 0 amide bonds. The number of nitrogens with zero attached hydrogens (tertiary/aromatic N) is 1. The zero-order valence-electron chi connectivity index (χ0n) is 11.2. The maximum absolute atomic E-state index is 13.1. The Kier molecular flexibility index (Phi) is 4.55. The van der Waals surface area contributed by atoms with Crippen molar-refractivity contribution in [2.75, 3.05) is 0 Å². The quantitative estimate of drug-likeness (QED) is 0.740. The summed E-state index contributed by atoms with van der Waals surface area (Å²) in [6.45, 7) is 4.00. The average molecular weight is 298 g/mol. The molecule has 0 bridgehead atoms. The second-order valence-electron chi connectivity index (χ2n) is 4.70. The van der Waals surface area contributed by atoms with E-state index in [-0.39, 0.29) is 11.7 Å². The molecule has 1 heterocycles. The first kappa shape index (κ1) is 14.7. The standard InChI is InChI=1S/C15H14ClF2NO/c1-9(2)14-5-10(8-16)6-15(19-14)20-11-3-4-12(17)13(18)7-11/h3-7,9H,8H2,1-2H3. The van der Waals surface area contributed by atoms with Gasteiger partial charge in [-0.25, -0.2) is 13.8 Å². The highest BCUT2D eigenvalue weighted by Crippen LogP contribution is 2.25. The molecular weight excluding hydrogens is 284 g/mol. The van der Waals surface area contributed by atoms with E-state index in [4.69, 9.17) is 16.3 Å². The van der Waals surface area contributed by atoms with Gasteiger partial charge in [0.2, 0.25) is 5.88 Å². The van der Waals surface area contributed by atoms with Crippen molar-refractivity contribution in [3.63, 3.8) is 0 Å². The van der Waals surface area contributed by atoms with Gasteiger partial charge >= 0.3 is 0 Å². The number of ether oxygens (including phenoxy) is 1. The van der Waals surface area contributed by atoms with Crippen LogP contribution in [0.1, 0.15) is 31.0 Å². The minimum Gasteiger partial charge on any atom is -0.439 e. The number of halogens is 3. The Morgan fingerprint density at radius 2 is 1.90 bits per heavy atom. The second-order valence-corrected chi connectivity index (χ2v) is 4.97. The fourth-order valence-electron chi connectivity index (χ4n) is 1.67. The van der Waals surface area contributed by atoms with Crippen LogP contribution in [0.2, 0.25) is 0 Å². The van der Waals surface area contributed by atoms with E-state index in [0.29, 0.717) is 11.8 Å². The van der Waals surface area contributed by atoms with Gasteiger partial charge in [-0.3, -0.25) is 0 Å². The van der Waals surface area contributed by atoms with Crippen LogP contribution in [0.5, 0.6) is 11.6 Å². The molecule has 0 aliphatic heterocycles. The van der Waals surface area contributed by atoms with Gasteiger partial charge < -0.3 is 4.74 Å². The molecule has 2 aromatic rings. The Balaban J connectivity index is 2.32. The summed E-state index contributed by atoms with van der Waals surface area (Å²) in [5, 5.41) is 0.